The van der Waals surface area contributed by atoms with E-state index < -0.39 is 0 Å². The number of amides is 1. The van der Waals surface area contributed by atoms with Gasteiger partial charge in [0.2, 0.25) is 0 Å². The zero-order valence-electron chi connectivity index (χ0n) is 16.3. The predicted octanol–water partition coefficient (Wildman–Crippen LogP) is 5.02. The first-order valence-corrected chi connectivity index (χ1v) is 10.7. The molecule has 0 aliphatic carbocycles. The molecule has 1 aliphatic heterocycles. The summed E-state index contributed by atoms with van der Waals surface area (Å²) >= 11 is 12.5. The number of halogens is 1. The van der Waals surface area contributed by atoms with Crippen LogP contribution < -0.4 is 19.5 Å². The van der Waals surface area contributed by atoms with Crippen molar-refractivity contribution in [3.63, 3.8) is 0 Å². The highest BCUT2D eigenvalue weighted by atomic mass is 35.5. The van der Waals surface area contributed by atoms with Gasteiger partial charge in [0.1, 0.15) is 23.3 Å². The third-order valence-corrected chi connectivity index (χ3v) is 5.56. The fourth-order valence-electron chi connectivity index (χ4n) is 2.72. The standard InChI is InChI=1S/C22H20ClNO4S2/c1-3-4-14-5-8-18(19(12-14)26-2)28-10-9-27-17-7-6-15(11-16(17)23)13-20-21(25)24-22(29)30-20/h3,5-8,11-13H,1,4,9-10H2,2H3,(H,24,25,29)/b20-13-. The average molecular weight is 462 g/mol. The highest BCUT2D eigenvalue weighted by Crippen LogP contribution is 2.31. The van der Waals surface area contributed by atoms with Gasteiger partial charge in [0.25, 0.3) is 5.91 Å². The molecule has 1 aliphatic rings. The number of carbonyl (C=O) groups excluding carboxylic acids is 1. The Morgan fingerprint density at radius 3 is 2.50 bits per heavy atom. The summed E-state index contributed by atoms with van der Waals surface area (Å²) in [5.74, 6) is 1.65. The van der Waals surface area contributed by atoms with E-state index in [9.17, 15) is 4.79 Å². The van der Waals surface area contributed by atoms with Crippen LogP contribution in [0.1, 0.15) is 11.1 Å². The number of thiocarbonyl (C=S) groups is 1. The fourth-order valence-corrected chi connectivity index (χ4v) is 4.01. The molecule has 1 heterocycles. The monoisotopic (exact) mass is 461 g/mol. The normalized spacial score (nSPS) is 14.5. The van der Waals surface area contributed by atoms with E-state index in [1.165, 1.54) is 11.8 Å². The SMILES string of the molecule is C=CCc1ccc(OCCOc2ccc(/C=C3\SC(=S)NC3=O)cc2Cl)c(OC)c1. The van der Waals surface area contributed by atoms with E-state index in [1.807, 2.05) is 30.3 Å². The van der Waals surface area contributed by atoms with Gasteiger partial charge in [-0.3, -0.25) is 4.79 Å². The third-order valence-electron chi connectivity index (χ3n) is 4.10. The lowest BCUT2D eigenvalue weighted by Crippen LogP contribution is -2.17. The Labute approximate surface area is 190 Å². The lowest BCUT2D eigenvalue weighted by molar-refractivity contribution is -0.115. The minimum absolute atomic E-state index is 0.202. The Morgan fingerprint density at radius 1 is 1.13 bits per heavy atom. The minimum atomic E-state index is -0.202. The van der Waals surface area contributed by atoms with Crippen molar-refractivity contribution in [3.8, 4) is 17.2 Å². The Kier molecular flexibility index (Phi) is 7.79. The minimum Gasteiger partial charge on any atom is -0.493 e. The van der Waals surface area contributed by atoms with Gasteiger partial charge in [0.15, 0.2) is 11.5 Å². The van der Waals surface area contributed by atoms with E-state index >= 15 is 0 Å². The van der Waals surface area contributed by atoms with E-state index in [0.29, 0.717) is 44.7 Å². The molecule has 1 saturated heterocycles. The number of hydrogen-bond acceptors (Lipinski definition) is 6. The largest absolute Gasteiger partial charge is 0.493 e. The first-order valence-electron chi connectivity index (χ1n) is 9.08. The van der Waals surface area contributed by atoms with Gasteiger partial charge in [0, 0.05) is 0 Å². The summed E-state index contributed by atoms with van der Waals surface area (Å²) in [7, 11) is 1.61. The number of rotatable bonds is 9. The first kappa shape index (κ1) is 22.2. The maximum atomic E-state index is 11.8. The molecule has 2 aromatic rings. The lowest BCUT2D eigenvalue weighted by Gasteiger charge is -2.13. The van der Waals surface area contributed by atoms with Crippen LogP contribution in [0.15, 0.2) is 54.0 Å². The first-order chi connectivity index (χ1) is 14.5. The predicted molar refractivity (Wildman–Crippen MR) is 126 cm³/mol. The van der Waals surface area contributed by atoms with Gasteiger partial charge < -0.3 is 19.5 Å². The highest BCUT2D eigenvalue weighted by Gasteiger charge is 2.22. The summed E-state index contributed by atoms with van der Waals surface area (Å²) in [5, 5.41) is 3.03. The Bertz CT molecular complexity index is 1010. The van der Waals surface area contributed by atoms with Crippen molar-refractivity contribution < 1.29 is 19.0 Å². The van der Waals surface area contributed by atoms with Gasteiger partial charge in [-0.05, 0) is 47.9 Å². The van der Waals surface area contributed by atoms with Crippen molar-refractivity contribution in [3.05, 3.63) is 70.1 Å². The van der Waals surface area contributed by atoms with Crippen LogP contribution in [-0.4, -0.2) is 30.6 Å². The van der Waals surface area contributed by atoms with Crippen LogP contribution in [-0.2, 0) is 11.2 Å². The van der Waals surface area contributed by atoms with Gasteiger partial charge in [-0.15, -0.1) is 6.58 Å². The lowest BCUT2D eigenvalue weighted by atomic mass is 10.1. The summed E-state index contributed by atoms with van der Waals surface area (Å²) in [5.41, 5.74) is 1.89. The molecule has 0 aromatic heterocycles. The Morgan fingerprint density at radius 2 is 1.87 bits per heavy atom. The molecule has 3 rings (SSSR count). The Hall–Kier alpha value is -2.48. The number of methoxy groups -OCH3 is 1. The van der Waals surface area contributed by atoms with Crippen molar-refractivity contribution in [2.24, 2.45) is 0 Å². The van der Waals surface area contributed by atoms with Crippen LogP contribution in [0.2, 0.25) is 5.02 Å². The summed E-state index contributed by atoms with van der Waals surface area (Å²) in [6.07, 6.45) is 4.34. The van der Waals surface area contributed by atoms with Gasteiger partial charge in [0.05, 0.1) is 17.0 Å². The molecule has 8 heteroatoms. The molecule has 1 N–H and O–H groups in total. The molecule has 0 atom stereocenters. The second-order valence-corrected chi connectivity index (χ2v) is 8.34. The van der Waals surface area contributed by atoms with Crippen LogP contribution in [0, 0.1) is 0 Å². The smallest absolute Gasteiger partial charge is 0.263 e. The number of thioether (sulfide) groups is 1. The van der Waals surface area contributed by atoms with Crippen molar-refractivity contribution in [1.82, 2.24) is 5.32 Å². The molecule has 1 fully saturated rings. The molecule has 30 heavy (non-hydrogen) atoms. The topological polar surface area (TPSA) is 56.8 Å². The van der Waals surface area contributed by atoms with Gasteiger partial charge >= 0.3 is 0 Å². The van der Waals surface area contributed by atoms with Crippen LogP contribution >= 0.6 is 35.6 Å². The van der Waals surface area contributed by atoms with Crippen LogP contribution in [0.25, 0.3) is 6.08 Å². The van der Waals surface area contributed by atoms with E-state index in [2.05, 4.69) is 11.9 Å². The van der Waals surface area contributed by atoms with Gasteiger partial charge in [-0.1, -0.05) is 53.8 Å². The number of allylic oxidation sites excluding steroid dienone is 1. The Balaban J connectivity index is 1.55. The molecule has 1 amide bonds. The second-order valence-electron chi connectivity index (χ2n) is 6.22. The quantitative estimate of drug-likeness (QED) is 0.245. The van der Waals surface area contributed by atoms with Crippen LogP contribution in [0.3, 0.4) is 0 Å². The molecule has 2 aromatic carbocycles. The van der Waals surface area contributed by atoms with E-state index in [1.54, 1.807) is 25.3 Å². The van der Waals surface area contributed by atoms with Crippen molar-refractivity contribution in [1.29, 1.82) is 0 Å². The molecule has 5 nitrogen and oxygen atoms in total. The van der Waals surface area contributed by atoms with Crippen molar-refractivity contribution >= 4 is 51.9 Å². The zero-order chi connectivity index (χ0) is 21.5. The van der Waals surface area contributed by atoms with Crippen LogP contribution in [0.4, 0.5) is 0 Å². The summed E-state index contributed by atoms with van der Waals surface area (Å²) in [6.45, 7) is 4.38. The van der Waals surface area contributed by atoms with E-state index in [4.69, 9.17) is 38.0 Å². The number of ether oxygens (including phenoxy) is 3. The number of hydrogen-bond donors (Lipinski definition) is 1. The summed E-state index contributed by atoms with van der Waals surface area (Å²) in [6, 6.07) is 11.1. The van der Waals surface area contributed by atoms with Crippen molar-refractivity contribution in [2.75, 3.05) is 20.3 Å². The van der Waals surface area contributed by atoms with Crippen molar-refractivity contribution in [2.45, 2.75) is 6.42 Å². The second kappa shape index (κ2) is 10.5. The molecular formula is C22H20ClNO4S2. The maximum absolute atomic E-state index is 11.8. The number of carbonyl (C=O) groups is 1. The highest BCUT2D eigenvalue weighted by molar-refractivity contribution is 8.26. The fraction of sp³-hybridized carbons (Fsp3) is 0.182. The number of nitrogens with one attached hydrogen (secondary N) is 1. The third kappa shape index (κ3) is 5.78. The molecule has 0 spiro atoms. The maximum Gasteiger partial charge on any atom is 0.263 e. The van der Waals surface area contributed by atoms with Gasteiger partial charge in [-0.25, -0.2) is 0 Å². The van der Waals surface area contributed by atoms with E-state index in [-0.39, 0.29) is 5.91 Å². The summed E-state index contributed by atoms with van der Waals surface area (Å²) < 4.78 is 17.3. The molecule has 0 radical (unpaired) electrons. The van der Waals surface area contributed by atoms with Crippen LogP contribution in [0.5, 0.6) is 17.2 Å². The zero-order valence-corrected chi connectivity index (χ0v) is 18.7. The molecule has 0 unspecified atom stereocenters. The number of benzene rings is 2. The molecule has 0 saturated carbocycles. The molecule has 0 bridgehead atoms. The van der Waals surface area contributed by atoms with Gasteiger partial charge in [-0.2, -0.15) is 0 Å². The average Bonchev–Trinajstić information content (AvgIpc) is 3.04. The summed E-state index contributed by atoms with van der Waals surface area (Å²) in [4.78, 5) is 12.3. The van der Waals surface area contributed by atoms with E-state index in [0.717, 1.165) is 17.5 Å². The molecular weight excluding hydrogens is 442 g/mol. The molecule has 156 valence electrons.